The zero-order chi connectivity index (χ0) is 18.9. The maximum absolute atomic E-state index is 5.40. The number of hydrogen-bond acceptors (Lipinski definition) is 6. The van der Waals surface area contributed by atoms with E-state index in [1.54, 1.807) is 12.4 Å². The van der Waals surface area contributed by atoms with Crippen LogP contribution < -0.4 is 14.9 Å². The number of pyridine rings is 1. The fourth-order valence-corrected chi connectivity index (χ4v) is 3.23. The molecule has 0 radical (unpaired) electrons. The Kier molecular flexibility index (Phi) is 3.90. The summed E-state index contributed by atoms with van der Waals surface area (Å²) in [7, 11) is 0. The molecule has 7 heteroatoms. The molecule has 0 amide bonds. The Balaban J connectivity index is 1.46. The van der Waals surface area contributed by atoms with E-state index in [0.29, 0.717) is 0 Å². The number of benzene rings is 2. The molecule has 138 valence electrons. The van der Waals surface area contributed by atoms with Crippen molar-refractivity contribution in [1.29, 1.82) is 0 Å². The maximum Gasteiger partial charge on any atom is 0.231 e. The fourth-order valence-electron chi connectivity index (χ4n) is 3.23. The van der Waals surface area contributed by atoms with Gasteiger partial charge < -0.3 is 9.47 Å². The lowest BCUT2D eigenvalue weighted by Crippen LogP contribution is -1.97. The van der Waals surface area contributed by atoms with Gasteiger partial charge in [-0.05, 0) is 48.9 Å². The average molecular weight is 371 g/mol. The van der Waals surface area contributed by atoms with Crippen LogP contribution >= 0.6 is 0 Å². The molecule has 2 aromatic carbocycles. The Hall–Kier alpha value is -3.87. The molecule has 0 bridgehead atoms. The lowest BCUT2D eigenvalue weighted by Gasteiger charge is -2.04. The van der Waals surface area contributed by atoms with Crippen molar-refractivity contribution in [1.82, 2.24) is 14.8 Å². The van der Waals surface area contributed by atoms with Crippen molar-refractivity contribution in [2.24, 2.45) is 5.10 Å². The SMILES string of the molecule is Cc1nn(-c2ccccc2)c2nccc(N/N=C/c3ccc4c(c3)OCO4)c12. The highest BCUT2D eigenvalue weighted by Crippen LogP contribution is 2.32. The molecule has 28 heavy (non-hydrogen) atoms. The monoisotopic (exact) mass is 371 g/mol. The minimum Gasteiger partial charge on any atom is -0.454 e. The van der Waals surface area contributed by atoms with Gasteiger partial charge in [-0.2, -0.15) is 10.2 Å². The van der Waals surface area contributed by atoms with Crippen molar-refractivity contribution < 1.29 is 9.47 Å². The lowest BCUT2D eigenvalue weighted by molar-refractivity contribution is 0.174. The third-order valence-corrected chi connectivity index (χ3v) is 4.54. The van der Waals surface area contributed by atoms with Crippen LogP contribution in [0.4, 0.5) is 5.69 Å². The van der Waals surface area contributed by atoms with Crippen molar-refractivity contribution in [3.8, 4) is 17.2 Å². The highest BCUT2D eigenvalue weighted by Gasteiger charge is 2.14. The number of ether oxygens (including phenoxy) is 2. The first-order valence-corrected chi connectivity index (χ1v) is 8.88. The number of fused-ring (bicyclic) bond motifs is 2. The molecule has 0 unspecified atom stereocenters. The van der Waals surface area contributed by atoms with Gasteiger partial charge in [0.25, 0.3) is 0 Å². The van der Waals surface area contributed by atoms with Crippen LogP contribution in [0.2, 0.25) is 0 Å². The molecule has 0 atom stereocenters. The second-order valence-electron chi connectivity index (χ2n) is 6.37. The Bertz CT molecular complexity index is 1180. The van der Waals surface area contributed by atoms with Crippen LogP contribution in [0.25, 0.3) is 16.7 Å². The molecule has 1 aliphatic heterocycles. The number of hydrazone groups is 1. The van der Waals surface area contributed by atoms with Crippen molar-refractivity contribution in [2.75, 3.05) is 12.2 Å². The Morgan fingerprint density at radius 1 is 1.07 bits per heavy atom. The standard InChI is InChI=1S/C21H17N5O2/c1-14-20-17(24-23-12-15-7-8-18-19(11-15)28-13-27-18)9-10-22-21(20)26(25-14)16-5-3-2-4-6-16/h2-12H,13H2,1H3,(H,22,24)/b23-12+. The second-order valence-corrected chi connectivity index (χ2v) is 6.37. The molecule has 7 nitrogen and oxygen atoms in total. The predicted molar refractivity (Wildman–Crippen MR) is 107 cm³/mol. The molecule has 2 aromatic heterocycles. The number of aromatic nitrogens is 3. The van der Waals surface area contributed by atoms with Crippen molar-refractivity contribution in [3.05, 3.63) is 72.1 Å². The molecule has 0 saturated carbocycles. The number of aryl methyl sites for hydroxylation is 1. The number of nitrogens with zero attached hydrogens (tertiary/aromatic N) is 4. The second kappa shape index (κ2) is 6.70. The van der Waals surface area contributed by atoms with E-state index >= 15 is 0 Å². The van der Waals surface area contributed by atoms with E-state index < -0.39 is 0 Å². The van der Waals surface area contributed by atoms with Gasteiger partial charge in [-0.3, -0.25) is 5.43 Å². The van der Waals surface area contributed by atoms with Gasteiger partial charge in [-0.25, -0.2) is 9.67 Å². The van der Waals surface area contributed by atoms with E-state index in [2.05, 4.69) is 20.6 Å². The molecule has 0 aliphatic carbocycles. The van der Waals surface area contributed by atoms with Crippen LogP contribution in [0.1, 0.15) is 11.3 Å². The highest BCUT2D eigenvalue weighted by molar-refractivity contribution is 5.92. The summed E-state index contributed by atoms with van der Waals surface area (Å²) in [5.41, 5.74) is 7.51. The highest BCUT2D eigenvalue weighted by atomic mass is 16.7. The number of hydrogen-bond donors (Lipinski definition) is 1. The minimum atomic E-state index is 0.258. The third kappa shape index (κ3) is 2.83. The molecular formula is C21H17N5O2. The van der Waals surface area contributed by atoms with E-state index in [0.717, 1.165) is 45.2 Å². The topological polar surface area (TPSA) is 73.6 Å². The van der Waals surface area contributed by atoms with E-state index in [1.807, 2.05) is 66.2 Å². The Morgan fingerprint density at radius 3 is 2.82 bits per heavy atom. The Labute approximate surface area is 161 Å². The van der Waals surface area contributed by atoms with Gasteiger partial charge in [0.1, 0.15) is 0 Å². The maximum atomic E-state index is 5.40. The molecule has 0 fully saturated rings. The summed E-state index contributed by atoms with van der Waals surface area (Å²) in [4.78, 5) is 4.52. The molecular weight excluding hydrogens is 354 g/mol. The van der Waals surface area contributed by atoms with Gasteiger partial charge >= 0.3 is 0 Å². The van der Waals surface area contributed by atoms with Gasteiger partial charge in [0, 0.05) is 6.20 Å². The quantitative estimate of drug-likeness (QED) is 0.435. The summed E-state index contributed by atoms with van der Waals surface area (Å²) in [6, 6.07) is 17.6. The van der Waals surface area contributed by atoms with Gasteiger partial charge in [0.05, 0.1) is 28.7 Å². The zero-order valence-corrected chi connectivity index (χ0v) is 15.2. The summed E-state index contributed by atoms with van der Waals surface area (Å²) >= 11 is 0. The summed E-state index contributed by atoms with van der Waals surface area (Å²) in [6.07, 6.45) is 3.49. The van der Waals surface area contributed by atoms with E-state index in [4.69, 9.17) is 9.47 Å². The van der Waals surface area contributed by atoms with Gasteiger partial charge in [-0.1, -0.05) is 18.2 Å². The molecule has 0 spiro atoms. The van der Waals surface area contributed by atoms with E-state index in [-0.39, 0.29) is 6.79 Å². The number of para-hydroxylation sites is 1. The van der Waals surface area contributed by atoms with Crippen molar-refractivity contribution >= 4 is 22.9 Å². The number of anilines is 1. The molecule has 4 aromatic rings. The Morgan fingerprint density at radius 2 is 1.93 bits per heavy atom. The first-order chi connectivity index (χ1) is 13.8. The van der Waals surface area contributed by atoms with Gasteiger partial charge in [0.15, 0.2) is 17.1 Å². The molecule has 0 saturated heterocycles. The third-order valence-electron chi connectivity index (χ3n) is 4.54. The summed E-state index contributed by atoms with van der Waals surface area (Å²) in [6.45, 7) is 2.23. The molecule has 1 aliphatic rings. The first kappa shape index (κ1) is 16.3. The molecule has 3 heterocycles. The van der Waals surface area contributed by atoms with Crippen LogP contribution in [0.15, 0.2) is 65.9 Å². The largest absolute Gasteiger partial charge is 0.454 e. The summed E-state index contributed by atoms with van der Waals surface area (Å²) < 4.78 is 12.6. The van der Waals surface area contributed by atoms with E-state index in [1.165, 1.54) is 0 Å². The average Bonchev–Trinajstić information content (AvgIpc) is 3.33. The summed E-state index contributed by atoms with van der Waals surface area (Å²) in [5, 5.41) is 9.97. The van der Waals surface area contributed by atoms with E-state index in [9.17, 15) is 0 Å². The molecule has 1 N–H and O–H groups in total. The number of nitrogens with one attached hydrogen (secondary N) is 1. The van der Waals surface area contributed by atoms with Gasteiger partial charge in [0.2, 0.25) is 6.79 Å². The lowest BCUT2D eigenvalue weighted by atomic mass is 10.2. The van der Waals surface area contributed by atoms with Crippen LogP contribution in [0.3, 0.4) is 0 Å². The zero-order valence-electron chi connectivity index (χ0n) is 15.2. The van der Waals surface area contributed by atoms with Crippen molar-refractivity contribution in [3.63, 3.8) is 0 Å². The van der Waals surface area contributed by atoms with Crippen LogP contribution in [0.5, 0.6) is 11.5 Å². The first-order valence-electron chi connectivity index (χ1n) is 8.88. The minimum absolute atomic E-state index is 0.258. The number of rotatable bonds is 4. The van der Waals surface area contributed by atoms with Crippen LogP contribution in [-0.4, -0.2) is 27.8 Å². The van der Waals surface area contributed by atoms with Crippen LogP contribution in [-0.2, 0) is 0 Å². The molecule has 5 rings (SSSR count). The van der Waals surface area contributed by atoms with Crippen molar-refractivity contribution in [2.45, 2.75) is 6.92 Å². The summed E-state index contributed by atoms with van der Waals surface area (Å²) in [5.74, 6) is 1.49. The fraction of sp³-hybridized carbons (Fsp3) is 0.0952. The smallest absolute Gasteiger partial charge is 0.231 e. The van der Waals surface area contributed by atoms with Gasteiger partial charge in [-0.15, -0.1) is 0 Å². The predicted octanol–water partition coefficient (Wildman–Crippen LogP) is 3.90. The van der Waals surface area contributed by atoms with Crippen LogP contribution in [0, 0.1) is 6.92 Å². The normalized spacial score (nSPS) is 12.8.